The molecule has 2 fully saturated rings. The Morgan fingerprint density at radius 2 is 1.85 bits per heavy atom. The van der Waals surface area contributed by atoms with E-state index in [4.69, 9.17) is 4.74 Å². The van der Waals surface area contributed by atoms with E-state index >= 15 is 0 Å². The summed E-state index contributed by atoms with van der Waals surface area (Å²) in [5.74, 6) is -0.896. The van der Waals surface area contributed by atoms with Crippen molar-refractivity contribution >= 4 is 23.8 Å². The zero-order valence-electron chi connectivity index (χ0n) is 23.3. The Labute approximate surface area is 231 Å². The Hall–Kier alpha value is -3.36. The van der Waals surface area contributed by atoms with E-state index in [1.165, 1.54) is 0 Å². The largest absolute Gasteiger partial charge is 0.444 e. The Balaban J connectivity index is 1.51. The van der Waals surface area contributed by atoms with E-state index in [1.807, 2.05) is 36.4 Å². The van der Waals surface area contributed by atoms with E-state index in [2.05, 4.69) is 22.0 Å². The molecule has 0 unspecified atom stereocenters. The van der Waals surface area contributed by atoms with E-state index in [1.54, 1.807) is 25.7 Å². The molecule has 0 bridgehead atoms. The van der Waals surface area contributed by atoms with Crippen LogP contribution in [0.15, 0.2) is 42.5 Å². The van der Waals surface area contributed by atoms with Gasteiger partial charge in [0.15, 0.2) is 0 Å². The third kappa shape index (κ3) is 7.40. The maximum Gasteiger partial charge on any atom is 0.408 e. The Morgan fingerprint density at radius 3 is 2.59 bits per heavy atom. The van der Waals surface area contributed by atoms with Crippen LogP contribution >= 0.6 is 0 Å². The molecule has 2 aliphatic heterocycles. The summed E-state index contributed by atoms with van der Waals surface area (Å²) < 4.78 is 5.41. The minimum absolute atomic E-state index is 0.0884. The fourth-order valence-electron chi connectivity index (χ4n) is 5.48. The quantitative estimate of drug-likeness (QED) is 0.507. The molecular weight excluding hydrogens is 496 g/mol. The molecule has 1 aromatic rings. The van der Waals surface area contributed by atoms with Gasteiger partial charge in [-0.25, -0.2) is 4.79 Å². The molecule has 4 atom stereocenters. The summed E-state index contributed by atoms with van der Waals surface area (Å²) in [5, 5.41) is 8.80. The molecule has 1 aliphatic carbocycles. The average molecular weight is 539 g/mol. The second-order valence-electron chi connectivity index (χ2n) is 11.9. The molecule has 0 radical (unpaired) electrons. The lowest BCUT2D eigenvalue weighted by molar-refractivity contribution is -0.141. The van der Waals surface area contributed by atoms with Gasteiger partial charge in [-0.15, -0.1) is 0 Å². The summed E-state index contributed by atoms with van der Waals surface area (Å²) in [6.07, 6.45) is 9.13. The number of nitrogens with one attached hydrogen (secondary N) is 3. The standard InChI is InChI=1S/C30H42N4O5/c1-29(2,3)39-28(38)32-23-16-11-6-4-5-10-15-22-19-30(22,27(37)31-20-21-13-8-7-9-14-21)33-25(35)24-17-12-18-34(24)26(23)36/h7-10,13-15,22-24H,4-6,11-12,16-20H2,1-3H3,(H,31,37)(H,32,38)(H,33,35)/t22-,23+,24+,30-/m1/s1. The maximum atomic E-state index is 13.7. The number of ether oxygens (including phenoxy) is 1. The molecule has 9 nitrogen and oxygen atoms in total. The van der Waals surface area contributed by atoms with E-state index in [9.17, 15) is 19.2 Å². The normalized spacial score (nSPS) is 27.8. The minimum Gasteiger partial charge on any atom is -0.444 e. The second-order valence-corrected chi connectivity index (χ2v) is 11.9. The van der Waals surface area contributed by atoms with Crippen LogP contribution in [0.5, 0.6) is 0 Å². The predicted molar refractivity (Wildman–Crippen MR) is 147 cm³/mol. The number of carbonyl (C=O) groups excluding carboxylic acids is 4. The first-order chi connectivity index (χ1) is 18.6. The smallest absolute Gasteiger partial charge is 0.408 e. The molecule has 0 aromatic heterocycles. The number of rotatable bonds is 4. The highest BCUT2D eigenvalue weighted by Crippen LogP contribution is 2.45. The number of hydrogen-bond donors (Lipinski definition) is 3. The number of hydrogen-bond acceptors (Lipinski definition) is 5. The molecule has 212 valence electrons. The fraction of sp³-hybridized carbons (Fsp3) is 0.600. The number of nitrogens with zero attached hydrogens (tertiary/aromatic N) is 1. The third-order valence-electron chi connectivity index (χ3n) is 7.62. The lowest BCUT2D eigenvalue weighted by atomic mass is 10.0. The Bertz CT molecular complexity index is 1080. The first-order valence-corrected chi connectivity index (χ1v) is 14.2. The Kier molecular flexibility index (Phi) is 8.97. The zero-order chi connectivity index (χ0) is 28.0. The summed E-state index contributed by atoms with van der Waals surface area (Å²) in [7, 11) is 0. The fourth-order valence-corrected chi connectivity index (χ4v) is 5.48. The molecule has 1 saturated heterocycles. The van der Waals surface area contributed by atoms with E-state index in [0.717, 1.165) is 31.2 Å². The third-order valence-corrected chi connectivity index (χ3v) is 7.62. The molecule has 1 saturated carbocycles. The van der Waals surface area contributed by atoms with E-state index < -0.39 is 29.3 Å². The van der Waals surface area contributed by atoms with Gasteiger partial charge in [0, 0.05) is 19.0 Å². The SMILES string of the molecule is CC(C)(C)OC(=O)N[C@H]1CCCCCC=C[C@@H]2C[C@@]2(C(=O)NCc2ccccc2)NC(=O)[C@@H]2CCCN2C1=O. The highest BCUT2D eigenvalue weighted by molar-refractivity contribution is 5.98. The monoisotopic (exact) mass is 538 g/mol. The molecule has 2 heterocycles. The van der Waals surface area contributed by atoms with Gasteiger partial charge in [0.05, 0.1) is 0 Å². The van der Waals surface area contributed by atoms with Crippen molar-refractivity contribution in [1.29, 1.82) is 0 Å². The van der Waals surface area contributed by atoms with Gasteiger partial charge in [-0.3, -0.25) is 14.4 Å². The van der Waals surface area contributed by atoms with Crippen molar-refractivity contribution in [2.45, 2.75) is 102 Å². The van der Waals surface area contributed by atoms with Crippen LogP contribution < -0.4 is 16.0 Å². The van der Waals surface area contributed by atoms with Crippen LogP contribution in [0.1, 0.15) is 77.7 Å². The van der Waals surface area contributed by atoms with Crippen molar-refractivity contribution in [2.75, 3.05) is 6.54 Å². The van der Waals surface area contributed by atoms with Crippen LogP contribution in [0.25, 0.3) is 0 Å². The van der Waals surface area contributed by atoms with Crippen molar-refractivity contribution in [3.63, 3.8) is 0 Å². The number of benzene rings is 1. The molecule has 0 spiro atoms. The number of amides is 4. The first-order valence-electron chi connectivity index (χ1n) is 14.2. The summed E-state index contributed by atoms with van der Waals surface area (Å²) in [5.41, 5.74) is -0.728. The molecule has 1 aromatic carbocycles. The molecule has 3 aliphatic rings. The first kappa shape index (κ1) is 28.6. The van der Waals surface area contributed by atoms with Gasteiger partial charge in [0.2, 0.25) is 17.7 Å². The molecule has 39 heavy (non-hydrogen) atoms. The second kappa shape index (κ2) is 12.2. The minimum atomic E-state index is -1.02. The topological polar surface area (TPSA) is 117 Å². The summed E-state index contributed by atoms with van der Waals surface area (Å²) >= 11 is 0. The molecule has 4 rings (SSSR count). The van der Waals surface area contributed by atoms with Crippen molar-refractivity contribution in [3.8, 4) is 0 Å². The van der Waals surface area contributed by atoms with Crippen LogP contribution in [0.3, 0.4) is 0 Å². The maximum absolute atomic E-state index is 13.7. The van der Waals surface area contributed by atoms with Gasteiger partial charge in [0.1, 0.15) is 23.2 Å². The van der Waals surface area contributed by atoms with Crippen LogP contribution in [0, 0.1) is 5.92 Å². The van der Waals surface area contributed by atoms with E-state index in [-0.39, 0.29) is 23.6 Å². The van der Waals surface area contributed by atoms with Crippen LogP contribution in [-0.4, -0.2) is 58.5 Å². The van der Waals surface area contributed by atoms with Crippen LogP contribution in [0.4, 0.5) is 4.79 Å². The zero-order valence-corrected chi connectivity index (χ0v) is 23.3. The Morgan fingerprint density at radius 1 is 1.08 bits per heavy atom. The molecule has 3 N–H and O–H groups in total. The van der Waals surface area contributed by atoms with Crippen molar-refractivity contribution in [1.82, 2.24) is 20.9 Å². The van der Waals surface area contributed by atoms with E-state index in [0.29, 0.717) is 38.8 Å². The number of alkyl carbamates (subject to hydrolysis) is 1. The number of allylic oxidation sites excluding steroid dienone is 1. The van der Waals surface area contributed by atoms with Crippen LogP contribution in [0.2, 0.25) is 0 Å². The number of fused-ring (bicyclic) bond motifs is 2. The van der Waals surface area contributed by atoms with Crippen molar-refractivity contribution in [2.24, 2.45) is 5.92 Å². The van der Waals surface area contributed by atoms with Crippen molar-refractivity contribution in [3.05, 3.63) is 48.0 Å². The van der Waals surface area contributed by atoms with Crippen LogP contribution in [-0.2, 0) is 25.7 Å². The lowest BCUT2D eigenvalue weighted by Crippen LogP contribution is -2.57. The van der Waals surface area contributed by atoms with Gasteiger partial charge in [-0.1, -0.05) is 55.3 Å². The lowest BCUT2D eigenvalue weighted by Gasteiger charge is -2.30. The molecule has 4 amide bonds. The summed E-state index contributed by atoms with van der Waals surface area (Å²) in [4.78, 5) is 54.8. The highest BCUT2D eigenvalue weighted by atomic mass is 16.6. The predicted octanol–water partition coefficient (Wildman–Crippen LogP) is 3.58. The van der Waals surface area contributed by atoms with Gasteiger partial charge < -0.3 is 25.6 Å². The van der Waals surface area contributed by atoms with Gasteiger partial charge in [-0.2, -0.15) is 0 Å². The number of carbonyl (C=O) groups is 4. The van der Waals surface area contributed by atoms with Crippen molar-refractivity contribution < 1.29 is 23.9 Å². The molecular formula is C30H42N4O5. The molecule has 9 heteroatoms. The summed E-state index contributed by atoms with van der Waals surface area (Å²) in [6.45, 7) is 6.13. The van der Waals surface area contributed by atoms with Gasteiger partial charge >= 0.3 is 6.09 Å². The average Bonchev–Trinajstić information content (AvgIpc) is 3.34. The highest BCUT2D eigenvalue weighted by Gasteiger charge is 2.60. The van der Waals surface area contributed by atoms with Gasteiger partial charge in [0.25, 0.3) is 0 Å². The summed E-state index contributed by atoms with van der Waals surface area (Å²) in [6, 6.07) is 8.20. The van der Waals surface area contributed by atoms with Gasteiger partial charge in [-0.05, 0) is 64.9 Å².